The van der Waals surface area contributed by atoms with Crippen LogP contribution >= 0.6 is 11.3 Å². The van der Waals surface area contributed by atoms with E-state index in [-0.39, 0.29) is 12.7 Å². The van der Waals surface area contributed by atoms with E-state index in [0.29, 0.717) is 18.0 Å². The summed E-state index contributed by atoms with van der Waals surface area (Å²) < 4.78 is 12.5. The van der Waals surface area contributed by atoms with Gasteiger partial charge in [0, 0.05) is 23.8 Å². The van der Waals surface area contributed by atoms with E-state index in [1.54, 1.807) is 0 Å². The van der Waals surface area contributed by atoms with Crippen LogP contribution in [-0.2, 0) is 6.54 Å². The maximum atomic E-state index is 12.4. The van der Waals surface area contributed by atoms with E-state index in [1.807, 2.05) is 54.2 Å². The monoisotopic (exact) mass is 341 g/mol. The lowest BCUT2D eigenvalue weighted by atomic mass is 10.2. The molecule has 0 fully saturated rings. The van der Waals surface area contributed by atoms with E-state index in [4.69, 9.17) is 9.47 Å². The van der Waals surface area contributed by atoms with Gasteiger partial charge >= 0.3 is 0 Å². The first kappa shape index (κ1) is 14.8. The molecule has 0 unspecified atom stereocenters. The second kappa shape index (κ2) is 6.01. The van der Waals surface area contributed by atoms with E-state index in [0.717, 1.165) is 21.3 Å². The third kappa shape index (κ3) is 2.74. The summed E-state index contributed by atoms with van der Waals surface area (Å²) in [6, 6.07) is 9.49. The van der Waals surface area contributed by atoms with E-state index in [1.165, 1.54) is 11.3 Å². The molecule has 1 aliphatic heterocycles. The van der Waals surface area contributed by atoms with E-state index in [9.17, 15) is 4.79 Å². The molecule has 1 aromatic carbocycles. The first-order valence-electron chi connectivity index (χ1n) is 7.48. The Balaban J connectivity index is 1.47. The number of carbonyl (C=O) groups excluding carboxylic acids is 1. The quantitative estimate of drug-likeness (QED) is 0.792. The van der Waals surface area contributed by atoms with Crippen LogP contribution in [0.1, 0.15) is 20.9 Å². The highest BCUT2D eigenvalue weighted by molar-refractivity contribution is 7.14. The van der Waals surface area contributed by atoms with Gasteiger partial charge in [-0.05, 0) is 36.8 Å². The normalized spacial score (nSPS) is 12.4. The molecule has 3 aromatic rings. The summed E-state index contributed by atoms with van der Waals surface area (Å²) in [5.74, 6) is 1.26. The second-order valence-electron chi connectivity index (χ2n) is 5.36. The Labute approximate surface area is 142 Å². The Morgan fingerprint density at radius 2 is 2.08 bits per heavy atom. The highest BCUT2D eigenvalue weighted by atomic mass is 32.1. The van der Waals surface area contributed by atoms with Crippen molar-refractivity contribution in [2.24, 2.45) is 0 Å². The van der Waals surface area contributed by atoms with Crippen molar-refractivity contribution in [1.82, 2.24) is 14.9 Å². The van der Waals surface area contributed by atoms with Gasteiger partial charge in [-0.2, -0.15) is 0 Å². The van der Waals surface area contributed by atoms with Gasteiger partial charge in [-0.3, -0.25) is 4.79 Å². The molecule has 0 aliphatic carbocycles. The number of rotatable bonds is 4. The molecule has 6 nitrogen and oxygen atoms in total. The minimum Gasteiger partial charge on any atom is -0.454 e. The largest absolute Gasteiger partial charge is 0.454 e. The number of fused-ring (bicyclic) bond motifs is 1. The van der Waals surface area contributed by atoms with E-state index in [2.05, 4.69) is 10.3 Å². The van der Waals surface area contributed by atoms with Crippen LogP contribution in [0.2, 0.25) is 0 Å². The van der Waals surface area contributed by atoms with Gasteiger partial charge in [0.05, 0.1) is 0 Å². The first-order chi connectivity index (χ1) is 11.7. The van der Waals surface area contributed by atoms with Gasteiger partial charge in [0.1, 0.15) is 5.69 Å². The number of aryl methyl sites for hydroxylation is 1. The number of thiazole rings is 1. The Bertz CT molecular complexity index is 887. The Kier molecular flexibility index (Phi) is 3.70. The summed E-state index contributed by atoms with van der Waals surface area (Å²) in [6.07, 6.45) is 3.82. The second-order valence-corrected chi connectivity index (χ2v) is 6.54. The molecule has 24 heavy (non-hydrogen) atoms. The van der Waals surface area contributed by atoms with Gasteiger partial charge in [0.15, 0.2) is 16.6 Å². The molecule has 0 saturated carbocycles. The smallest absolute Gasteiger partial charge is 0.271 e. The van der Waals surface area contributed by atoms with Crippen molar-refractivity contribution >= 4 is 17.2 Å². The number of carbonyl (C=O) groups is 1. The van der Waals surface area contributed by atoms with Gasteiger partial charge in [-0.25, -0.2) is 4.98 Å². The Morgan fingerprint density at radius 3 is 2.92 bits per heavy atom. The zero-order chi connectivity index (χ0) is 16.5. The van der Waals surface area contributed by atoms with Crippen LogP contribution in [0.3, 0.4) is 0 Å². The molecule has 1 amide bonds. The fraction of sp³-hybridized carbons (Fsp3) is 0.176. The summed E-state index contributed by atoms with van der Waals surface area (Å²) in [4.78, 5) is 17.8. The van der Waals surface area contributed by atoms with E-state index < -0.39 is 0 Å². The van der Waals surface area contributed by atoms with Gasteiger partial charge in [0.25, 0.3) is 5.91 Å². The molecule has 2 aromatic heterocycles. The van der Waals surface area contributed by atoms with Gasteiger partial charge < -0.3 is 19.4 Å². The fourth-order valence-electron chi connectivity index (χ4n) is 2.48. The van der Waals surface area contributed by atoms with Crippen LogP contribution in [0, 0.1) is 6.92 Å². The Hall–Kier alpha value is -2.80. The highest BCUT2D eigenvalue weighted by Crippen LogP contribution is 2.32. The summed E-state index contributed by atoms with van der Waals surface area (Å²) >= 11 is 1.49. The molecule has 0 saturated heterocycles. The van der Waals surface area contributed by atoms with Crippen molar-refractivity contribution in [3.05, 3.63) is 58.9 Å². The summed E-state index contributed by atoms with van der Waals surface area (Å²) in [5, 5.41) is 3.69. The van der Waals surface area contributed by atoms with Crippen molar-refractivity contribution in [3.8, 4) is 16.6 Å². The zero-order valence-electron chi connectivity index (χ0n) is 13.0. The lowest BCUT2D eigenvalue weighted by molar-refractivity contribution is 0.0946. The summed E-state index contributed by atoms with van der Waals surface area (Å²) in [6.45, 7) is 2.55. The number of hydrogen-bond donors (Lipinski definition) is 1. The Morgan fingerprint density at radius 1 is 1.29 bits per heavy atom. The van der Waals surface area contributed by atoms with Crippen LogP contribution < -0.4 is 14.8 Å². The number of hydrogen-bond acceptors (Lipinski definition) is 5. The predicted molar refractivity (Wildman–Crippen MR) is 89.9 cm³/mol. The lowest BCUT2D eigenvalue weighted by Gasteiger charge is -2.05. The number of nitrogens with one attached hydrogen (secondary N) is 1. The topological polar surface area (TPSA) is 65.4 Å². The molecule has 0 bridgehead atoms. The number of amides is 1. The van der Waals surface area contributed by atoms with Crippen LogP contribution in [0.4, 0.5) is 0 Å². The SMILES string of the molecule is Cc1sc(-n2cccc2)nc1C(=O)NCc1ccc2c(c1)OCO2. The standard InChI is InChI=1S/C17H15N3O3S/c1-11-15(19-17(24-11)20-6-2-3-7-20)16(21)18-9-12-4-5-13-14(8-12)23-10-22-13/h2-8H,9-10H2,1H3,(H,18,21). The van der Waals surface area contributed by atoms with Gasteiger partial charge in [-0.1, -0.05) is 6.07 Å². The minimum atomic E-state index is -0.181. The zero-order valence-corrected chi connectivity index (χ0v) is 13.8. The maximum Gasteiger partial charge on any atom is 0.271 e. The number of aromatic nitrogens is 2. The summed E-state index contributed by atoms with van der Waals surface area (Å²) in [5.41, 5.74) is 1.41. The van der Waals surface area contributed by atoms with Crippen LogP contribution in [0.25, 0.3) is 5.13 Å². The lowest BCUT2D eigenvalue weighted by Crippen LogP contribution is -2.23. The molecule has 3 heterocycles. The van der Waals surface area contributed by atoms with Crippen LogP contribution in [0.5, 0.6) is 11.5 Å². The first-order valence-corrected chi connectivity index (χ1v) is 8.30. The molecule has 1 N–H and O–H groups in total. The minimum absolute atomic E-state index is 0.181. The van der Waals surface area contributed by atoms with E-state index >= 15 is 0 Å². The van der Waals surface area contributed by atoms with Crippen molar-refractivity contribution in [2.45, 2.75) is 13.5 Å². The average molecular weight is 341 g/mol. The van der Waals surface area contributed by atoms with Gasteiger partial charge in [0.2, 0.25) is 6.79 Å². The van der Waals surface area contributed by atoms with Gasteiger partial charge in [-0.15, -0.1) is 11.3 Å². The molecule has 0 radical (unpaired) electrons. The van der Waals surface area contributed by atoms with Crippen molar-refractivity contribution in [3.63, 3.8) is 0 Å². The molecule has 7 heteroatoms. The molecule has 1 aliphatic rings. The molecule has 0 atom stereocenters. The number of benzene rings is 1. The molecule has 0 spiro atoms. The molecular weight excluding hydrogens is 326 g/mol. The van der Waals surface area contributed by atoms with Crippen molar-refractivity contribution in [1.29, 1.82) is 0 Å². The van der Waals surface area contributed by atoms with Crippen molar-refractivity contribution < 1.29 is 14.3 Å². The summed E-state index contributed by atoms with van der Waals surface area (Å²) in [7, 11) is 0. The van der Waals surface area contributed by atoms with Crippen molar-refractivity contribution in [2.75, 3.05) is 6.79 Å². The molecule has 4 rings (SSSR count). The third-order valence-electron chi connectivity index (χ3n) is 3.72. The fourth-order valence-corrected chi connectivity index (χ4v) is 3.36. The average Bonchev–Trinajstić information content (AvgIpc) is 3.31. The predicted octanol–water partition coefficient (Wildman–Crippen LogP) is 2.90. The molecule has 122 valence electrons. The highest BCUT2D eigenvalue weighted by Gasteiger charge is 2.17. The number of nitrogens with zero attached hydrogens (tertiary/aromatic N) is 2. The number of ether oxygens (including phenoxy) is 2. The third-order valence-corrected chi connectivity index (χ3v) is 4.70. The maximum absolute atomic E-state index is 12.4. The van der Waals surface area contributed by atoms with Crippen LogP contribution in [-0.4, -0.2) is 22.3 Å². The van der Waals surface area contributed by atoms with Crippen LogP contribution in [0.15, 0.2) is 42.7 Å². The molecular formula is C17H15N3O3S.